The van der Waals surface area contributed by atoms with Gasteiger partial charge in [0.05, 0.1) is 5.56 Å². The summed E-state index contributed by atoms with van der Waals surface area (Å²) in [7, 11) is 0. The van der Waals surface area contributed by atoms with Crippen LogP contribution in [0.5, 0.6) is 0 Å². The Balaban J connectivity index is 1.57. The van der Waals surface area contributed by atoms with Gasteiger partial charge < -0.3 is 19.9 Å². The van der Waals surface area contributed by atoms with Crippen molar-refractivity contribution in [1.82, 2.24) is 9.55 Å². The SMILES string of the molecule is CC(=O)O[C@H]1[C@H](F)[C@H](n2cc(Cc3ccccc3)c(N)nc2=O)O[C@@H]1COC(=O)c1ccccc1. The lowest BCUT2D eigenvalue weighted by atomic mass is 10.1. The fourth-order valence-corrected chi connectivity index (χ4v) is 3.86. The van der Waals surface area contributed by atoms with Crippen LogP contribution in [0, 0.1) is 0 Å². The minimum Gasteiger partial charge on any atom is -0.459 e. The molecule has 1 saturated heterocycles. The largest absolute Gasteiger partial charge is 0.459 e. The fraction of sp³-hybridized carbons (Fsp3) is 0.280. The first-order valence-corrected chi connectivity index (χ1v) is 10.9. The molecule has 0 radical (unpaired) electrons. The second-order valence-corrected chi connectivity index (χ2v) is 8.05. The molecule has 0 aliphatic carbocycles. The maximum atomic E-state index is 15.5. The Morgan fingerprint density at radius 2 is 1.77 bits per heavy atom. The average Bonchev–Trinajstić information content (AvgIpc) is 3.15. The van der Waals surface area contributed by atoms with Gasteiger partial charge in [-0.2, -0.15) is 4.98 Å². The normalized spacial score (nSPS) is 21.4. The van der Waals surface area contributed by atoms with Gasteiger partial charge in [-0.15, -0.1) is 0 Å². The van der Waals surface area contributed by atoms with Crippen molar-refractivity contribution in [2.45, 2.75) is 38.0 Å². The number of nitrogen functional groups attached to an aromatic ring is 1. The summed E-state index contributed by atoms with van der Waals surface area (Å²) in [5, 5.41) is 0. The van der Waals surface area contributed by atoms with Crippen LogP contribution in [0.2, 0.25) is 0 Å². The first-order chi connectivity index (χ1) is 16.8. The zero-order valence-corrected chi connectivity index (χ0v) is 18.9. The summed E-state index contributed by atoms with van der Waals surface area (Å²) >= 11 is 0. The van der Waals surface area contributed by atoms with E-state index in [1.807, 2.05) is 30.3 Å². The van der Waals surface area contributed by atoms with Crippen LogP contribution in [0.25, 0.3) is 0 Å². The summed E-state index contributed by atoms with van der Waals surface area (Å²) in [4.78, 5) is 40.3. The second-order valence-electron chi connectivity index (χ2n) is 8.05. The van der Waals surface area contributed by atoms with E-state index >= 15 is 4.39 Å². The van der Waals surface area contributed by atoms with Gasteiger partial charge >= 0.3 is 17.6 Å². The fourth-order valence-electron chi connectivity index (χ4n) is 3.86. The monoisotopic (exact) mass is 481 g/mol. The van der Waals surface area contributed by atoms with Crippen molar-refractivity contribution in [2.24, 2.45) is 0 Å². The summed E-state index contributed by atoms with van der Waals surface area (Å²) in [6, 6.07) is 17.6. The van der Waals surface area contributed by atoms with E-state index in [0.717, 1.165) is 17.1 Å². The number of halogens is 1. The average molecular weight is 481 g/mol. The minimum absolute atomic E-state index is 0.0217. The Hall–Kier alpha value is -4.05. The van der Waals surface area contributed by atoms with Crippen LogP contribution >= 0.6 is 0 Å². The third-order valence-electron chi connectivity index (χ3n) is 5.53. The van der Waals surface area contributed by atoms with E-state index in [-0.39, 0.29) is 5.82 Å². The molecule has 0 unspecified atom stereocenters. The summed E-state index contributed by atoms with van der Waals surface area (Å²) in [5.41, 5.74) is 6.83. The third-order valence-corrected chi connectivity index (χ3v) is 5.53. The number of hydrogen-bond donors (Lipinski definition) is 1. The van der Waals surface area contributed by atoms with Crippen LogP contribution in [0.4, 0.5) is 10.2 Å². The molecule has 4 rings (SSSR count). The van der Waals surface area contributed by atoms with E-state index in [1.54, 1.807) is 30.3 Å². The van der Waals surface area contributed by atoms with Crippen LogP contribution in [0.1, 0.15) is 34.6 Å². The third kappa shape index (κ3) is 5.55. The van der Waals surface area contributed by atoms with Gasteiger partial charge in [0.1, 0.15) is 18.5 Å². The number of nitrogens with two attached hydrogens (primary N) is 1. The highest BCUT2D eigenvalue weighted by Gasteiger charge is 2.49. The van der Waals surface area contributed by atoms with Crippen molar-refractivity contribution in [3.8, 4) is 0 Å². The Kier molecular flexibility index (Phi) is 7.21. The Labute approximate surface area is 200 Å². The number of aromatic nitrogens is 2. The van der Waals surface area contributed by atoms with Crippen molar-refractivity contribution >= 4 is 17.8 Å². The topological polar surface area (TPSA) is 123 Å². The van der Waals surface area contributed by atoms with Crippen molar-refractivity contribution in [3.63, 3.8) is 0 Å². The van der Waals surface area contributed by atoms with Crippen LogP contribution in [-0.2, 0) is 25.4 Å². The van der Waals surface area contributed by atoms with Gasteiger partial charge in [-0.1, -0.05) is 48.5 Å². The van der Waals surface area contributed by atoms with E-state index in [1.165, 1.54) is 6.20 Å². The number of hydrogen-bond acceptors (Lipinski definition) is 8. The molecule has 3 aromatic rings. The molecule has 1 aliphatic rings. The van der Waals surface area contributed by atoms with Gasteiger partial charge in [-0.25, -0.2) is 14.0 Å². The number of alkyl halides is 1. The Morgan fingerprint density at radius 3 is 2.43 bits per heavy atom. The highest BCUT2D eigenvalue weighted by Crippen LogP contribution is 2.34. The maximum absolute atomic E-state index is 15.5. The highest BCUT2D eigenvalue weighted by atomic mass is 19.1. The van der Waals surface area contributed by atoms with Gasteiger partial charge in [-0.05, 0) is 17.7 Å². The molecule has 1 fully saturated rings. The van der Waals surface area contributed by atoms with E-state index in [9.17, 15) is 14.4 Å². The standard InChI is InChI=1S/C25H24FN3O6/c1-15(30)34-21-19(14-33-24(31)17-10-6-3-7-11-17)35-23(20(21)26)29-13-18(22(27)28-25(29)32)12-16-8-4-2-5-9-16/h2-11,13,19-21,23H,12,14H2,1H3,(H2,27,28,32)/t19-,20+,21-,23-/m1/s1. The summed E-state index contributed by atoms with van der Waals surface area (Å²) in [6.45, 7) is 0.735. The van der Waals surface area contributed by atoms with Crippen LogP contribution < -0.4 is 11.4 Å². The highest BCUT2D eigenvalue weighted by molar-refractivity contribution is 5.89. The number of ether oxygens (including phenoxy) is 3. The number of carbonyl (C=O) groups is 2. The molecule has 182 valence electrons. The van der Waals surface area contributed by atoms with E-state index in [2.05, 4.69) is 4.98 Å². The molecule has 0 amide bonds. The van der Waals surface area contributed by atoms with E-state index < -0.39 is 48.8 Å². The molecule has 1 aromatic heterocycles. The molecule has 1 aliphatic heterocycles. The van der Waals surface area contributed by atoms with Crippen LogP contribution in [-0.4, -0.2) is 46.5 Å². The van der Waals surface area contributed by atoms with Gasteiger partial charge in [-0.3, -0.25) is 9.36 Å². The summed E-state index contributed by atoms with van der Waals surface area (Å²) in [5.74, 6) is -1.37. The molecule has 10 heteroatoms. The summed E-state index contributed by atoms with van der Waals surface area (Å²) < 4.78 is 32.6. The van der Waals surface area contributed by atoms with Gasteiger partial charge in [0.2, 0.25) is 0 Å². The minimum atomic E-state index is -1.92. The quantitative estimate of drug-likeness (QED) is 0.511. The Bertz CT molecular complexity index is 1250. The number of anilines is 1. The number of carbonyl (C=O) groups excluding carboxylic acids is 2. The number of benzene rings is 2. The Morgan fingerprint density at radius 1 is 1.11 bits per heavy atom. The zero-order valence-electron chi connectivity index (χ0n) is 18.9. The first kappa shape index (κ1) is 24.1. The molecular weight excluding hydrogens is 457 g/mol. The van der Waals surface area contributed by atoms with Crippen molar-refractivity contribution in [3.05, 3.63) is 94.0 Å². The molecule has 4 atom stereocenters. The number of rotatable bonds is 7. The van der Waals surface area contributed by atoms with Gasteiger partial charge in [0.15, 0.2) is 18.5 Å². The van der Waals surface area contributed by atoms with Crippen molar-refractivity contribution < 1.29 is 28.2 Å². The first-order valence-electron chi connectivity index (χ1n) is 10.9. The predicted octanol–water partition coefficient (Wildman–Crippen LogP) is 2.44. The molecule has 9 nitrogen and oxygen atoms in total. The second kappa shape index (κ2) is 10.5. The molecular formula is C25H24FN3O6. The lowest BCUT2D eigenvalue weighted by molar-refractivity contribution is -0.152. The molecule has 2 N–H and O–H groups in total. The van der Waals surface area contributed by atoms with Gasteiger partial charge in [0, 0.05) is 25.1 Å². The molecule has 2 aromatic carbocycles. The zero-order chi connectivity index (χ0) is 24.9. The van der Waals surface area contributed by atoms with Gasteiger partial charge in [0.25, 0.3) is 0 Å². The molecule has 35 heavy (non-hydrogen) atoms. The summed E-state index contributed by atoms with van der Waals surface area (Å²) in [6.07, 6.45) is -4.19. The molecule has 0 saturated carbocycles. The smallest absolute Gasteiger partial charge is 0.351 e. The van der Waals surface area contributed by atoms with E-state index in [4.69, 9.17) is 19.9 Å². The molecule has 0 spiro atoms. The van der Waals surface area contributed by atoms with E-state index in [0.29, 0.717) is 17.5 Å². The predicted molar refractivity (Wildman–Crippen MR) is 123 cm³/mol. The molecule has 0 bridgehead atoms. The van der Waals surface area contributed by atoms with Crippen LogP contribution in [0.15, 0.2) is 71.7 Å². The lowest BCUT2D eigenvalue weighted by Crippen LogP contribution is -2.37. The maximum Gasteiger partial charge on any atom is 0.351 e. The number of nitrogens with zero attached hydrogens (tertiary/aromatic N) is 2. The van der Waals surface area contributed by atoms with Crippen molar-refractivity contribution in [1.29, 1.82) is 0 Å². The van der Waals surface area contributed by atoms with Crippen molar-refractivity contribution in [2.75, 3.05) is 12.3 Å². The lowest BCUT2D eigenvalue weighted by Gasteiger charge is -2.18. The van der Waals surface area contributed by atoms with Crippen LogP contribution in [0.3, 0.4) is 0 Å². The molecule has 2 heterocycles. The number of esters is 2.